The fourth-order valence-electron chi connectivity index (χ4n) is 1.19. The summed E-state index contributed by atoms with van der Waals surface area (Å²) in [6.45, 7) is 5.94. The van der Waals surface area contributed by atoms with E-state index < -0.39 is 5.54 Å². The highest BCUT2D eigenvalue weighted by Crippen LogP contribution is 2.34. The smallest absolute Gasteiger partial charge is 0.238 e. The van der Waals surface area contributed by atoms with Crippen LogP contribution in [0.1, 0.15) is 20.8 Å². The molecule has 1 amide bonds. The van der Waals surface area contributed by atoms with Gasteiger partial charge in [0.05, 0.1) is 4.87 Å². The minimum absolute atomic E-state index is 0. The quantitative estimate of drug-likeness (QED) is 0.671. The van der Waals surface area contributed by atoms with Crippen molar-refractivity contribution in [3.05, 3.63) is 0 Å². The van der Waals surface area contributed by atoms with E-state index in [-0.39, 0.29) is 23.2 Å². The van der Waals surface area contributed by atoms with Crippen LogP contribution in [0.3, 0.4) is 0 Å². The van der Waals surface area contributed by atoms with Gasteiger partial charge in [-0.1, -0.05) is 0 Å². The Morgan fingerprint density at radius 3 is 2.17 bits per heavy atom. The van der Waals surface area contributed by atoms with E-state index in [0.717, 1.165) is 5.75 Å². The molecule has 1 rings (SSSR count). The van der Waals surface area contributed by atoms with Gasteiger partial charge in [0.25, 0.3) is 0 Å². The molecule has 0 aromatic carbocycles. The monoisotopic (exact) mass is 210 g/mol. The fraction of sp³-hybridized carbons (Fsp3) is 0.857. The molecule has 0 saturated carbocycles. The summed E-state index contributed by atoms with van der Waals surface area (Å²) in [6.07, 6.45) is 0. The second-order valence-corrected chi connectivity index (χ2v) is 5.22. The van der Waals surface area contributed by atoms with Crippen molar-refractivity contribution >= 4 is 30.1 Å². The molecule has 1 heterocycles. The number of carbonyl (C=O) groups is 1. The molecule has 0 aliphatic carbocycles. The molecule has 1 aliphatic heterocycles. The third kappa shape index (κ3) is 2.28. The van der Waals surface area contributed by atoms with Gasteiger partial charge < -0.3 is 5.73 Å². The van der Waals surface area contributed by atoms with Crippen molar-refractivity contribution in [3.8, 4) is 0 Å². The maximum Gasteiger partial charge on any atom is 0.238 e. The molecule has 72 valence electrons. The lowest BCUT2D eigenvalue weighted by atomic mass is 10.0. The van der Waals surface area contributed by atoms with Crippen LogP contribution in [0, 0.1) is 0 Å². The van der Waals surface area contributed by atoms with Gasteiger partial charge in [-0.3, -0.25) is 10.1 Å². The molecule has 3 nitrogen and oxygen atoms in total. The number of rotatable bonds is 1. The first kappa shape index (κ1) is 12.1. The van der Waals surface area contributed by atoms with E-state index in [1.807, 2.05) is 20.8 Å². The zero-order valence-electron chi connectivity index (χ0n) is 7.51. The summed E-state index contributed by atoms with van der Waals surface area (Å²) in [6, 6.07) is 0. The van der Waals surface area contributed by atoms with Crippen molar-refractivity contribution in [3.63, 3.8) is 0 Å². The van der Waals surface area contributed by atoms with Crippen LogP contribution in [-0.2, 0) is 4.79 Å². The minimum Gasteiger partial charge on any atom is -0.368 e. The van der Waals surface area contributed by atoms with Gasteiger partial charge in [0.2, 0.25) is 5.91 Å². The van der Waals surface area contributed by atoms with Crippen molar-refractivity contribution in [2.45, 2.75) is 31.2 Å². The summed E-state index contributed by atoms with van der Waals surface area (Å²) in [4.78, 5) is 10.9. The molecule has 0 radical (unpaired) electrons. The zero-order chi connectivity index (χ0) is 8.70. The molecule has 1 unspecified atom stereocenters. The van der Waals surface area contributed by atoms with Crippen molar-refractivity contribution in [1.29, 1.82) is 0 Å². The molecule has 0 spiro atoms. The molecule has 1 atom stereocenters. The molecule has 0 bridgehead atoms. The second kappa shape index (κ2) is 3.44. The SMILES string of the molecule is CC1(C)NC(C)(C(N)=O)CS1.Cl. The molecule has 12 heavy (non-hydrogen) atoms. The number of hydrogen-bond acceptors (Lipinski definition) is 3. The predicted octanol–water partition coefficient (Wildman–Crippen LogP) is 0.725. The molecular formula is C7H15ClN2OS. The largest absolute Gasteiger partial charge is 0.368 e. The van der Waals surface area contributed by atoms with Crippen LogP contribution in [-0.4, -0.2) is 22.1 Å². The summed E-state index contributed by atoms with van der Waals surface area (Å²) in [5.41, 5.74) is 4.72. The Morgan fingerprint density at radius 1 is 1.50 bits per heavy atom. The van der Waals surface area contributed by atoms with Crippen molar-refractivity contribution in [2.24, 2.45) is 5.73 Å². The average Bonchev–Trinajstić information content (AvgIpc) is 2.08. The molecule has 3 N–H and O–H groups in total. The van der Waals surface area contributed by atoms with Crippen molar-refractivity contribution in [2.75, 3.05) is 5.75 Å². The first-order chi connectivity index (χ1) is 4.86. The number of hydrogen-bond donors (Lipinski definition) is 2. The number of carbonyl (C=O) groups excluding carboxylic acids is 1. The van der Waals surface area contributed by atoms with E-state index in [4.69, 9.17) is 5.73 Å². The summed E-state index contributed by atoms with van der Waals surface area (Å²) < 4.78 is 0. The van der Waals surface area contributed by atoms with Crippen LogP contribution in [0.15, 0.2) is 0 Å². The Balaban J connectivity index is 0.00000121. The summed E-state index contributed by atoms with van der Waals surface area (Å²) in [7, 11) is 0. The predicted molar refractivity (Wildman–Crippen MR) is 54.5 cm³/mol. The Bertz CT molecular complexity index is 198. The first-order valence-electron chi connectivity index (χ1n) is 3.59. The van der Waals surface area contributed by atoms with E-state index in [1.54, 1.807) is 11.8 Å². The fourth-order valence-corrected chi connectivity index (χ4v) is 2.36. The molecule has 0 aromatic heterocycles. The molecule has 1 fully saturated rings. The van der Waals surface area contributed by atoms with Gasteiger partial charge in [-0.2, -0.15) is 0 Å². The van der Waals surface area contributed by atoms with Crippen LogP contribution in [0.4, 0.5) is 0 Å². The molecular weight excluding hydrogens is 196 g/mol. The maximum atomic E-state index is 11.0. The lowest BCUT2D eigenvalue weighted by Gasteiger charge is -2.24. The average molecular weight is 211 g/mol. The maximum absolute atomic E-state index is 11.0. The van der Waals surface area contributed by atoms with Crippen LogP contribution in [0.2, 0.25) is 0 Å². The topological polar surface area (TPSA) is 55.1 Å². The Morgan fingerprint density at radius 2 is 2.00 bits per heavy atom. The Kier molecular flexibility index (Phi) is 3.46. The van der Waals surface area contributed by atoms with Crippen molar-refractivity contribution < 1.29 is 4.79 Å². The molecule has 1 aliphatic rings. The van der Waals surface area contributed by atoms with Crippen LogP contribution in [0.5, 0.6) is 0 Å². The number of primary amides is 1. The third-order valence-electron chi connectivity index (χ3n) is 1.84. The zero-order valence-corrected chi connectivity index (χ0v) is 9.14. The van der Waals surface area contributed by atoms with Crippen LogP contribution in [0.25, 0.3) is 0 Å². The van der Waals surface area contributed by atoms with Gasteiger partial charge in [0.15, 0.2) is 0 Å². The minimum atomic E-state index is -0.520. The van der Waals surface area contributed by atoms with Gasteiger partial charge >= 0.3 is 0 Å². The number of amides is 1. The Labute approximate surface area is 83.3 Å². The van der Waals surface area contributed by atoms with Crippen molar-refractivity contribution in [1.82, 2.24) is 5.32 Å². The molecule has 0 aromatic rings. The third-order valence-corrected chi connectivity index (χ3v) is 3.39. The summed E-state index contributed by atoms with van der Waals surface area (Å²) >= 11 is 1.72. The van der Waals surface area contributed by atoms with Crippen LogP contribution >= 0.6 is 24.2 Å². The number of thioether (sulfide) groups is 1. The number of nitrogens with two attached hydrogens (primary N) is 1. The standard InChI is InChI=1S/C7H14N2OS.ClH/c1-6(2)9-7(3,4-11-6)5(8)10;/h9H,4H2,1-3H3,(H2,8,10);1H. The molecule has 1 saturated heterocycles. The normalized spacial score (nSPS) is 32.6. The Hall–Kier alpha value is 0.0700. The van der Waals surface area contributed by atoms with E-state index in [2.05, 4.69) is 5.32 Å². The second-order valence-electron chi connectivity index (χ2n) is 3.62. The van der Waals surface area contributed by atoms with Gasteiger partial charge in [0, 0.05) is 5.75 Å². The van der Waals surface area contributed by atoms with Gasteiger partial charge in [-0.25, -0.2) is 0 Å². The van der Waals surface area contributed by atoms with Gasteiger partial charge in [-0.05, 0) is 20.8 Å². The number of nitrogens with one attached hydrogen (secondary N) is 1. The lowest BCUT2D eigenvalue weighted by molar-refractivity contribution is -0.123. The highest BCUT2D eigenvalue weighted by atomic mass is 35.5. The highest BCUT2D eigenvalue weighted by molar-refractivity contribution is 8.00. The summed E-state index contributed by atoms with van der Waals surface area (Å²) in [5, 5.41) is 3.19. The first-order valence-corrected chi connectivity index (χ1v) is 4.57. The highest BCUT2D eigenvalue weighted by Gasteiger charge is 2.43. The van der Waals surface area contributed by atoms with Gasteiger partial charge in [0.1, 0.15) is 5.54 Å². The van der Waals surface area contributed by atoms with E-state index in [0.29, 0.717) is 0 Å². The van der Waals surface area contributed by atoms with Gasteiger partial charge in [-0.15, -0.1) is 24.2 Å². The van der Waals surface area contributed by atoms with E-state index >= 15 is 0 Å². The molecule has 5 heteroatoms. The van der Waals surface area contributed by atoms with Crippen LogP contribution < -0.4 is 11.1 Å². The lowest BCUT2D eigenvalue weighted by Crippen LogP contribution is -2.54. The summed E-state index contributed by atoms with van der Waals surface area (Å²) in [5.74, 6) is 0.491. The van der Waals surface area contributed by atoms with E-state index in [1.165, 1.54) is 0 Å². The number of halogens is 1. The van der Waals surface area contributed by atoms with E-state index in [9.17, 15) is 4.79 Å².